The SMILES string of the molecule is Cc1nnc(CNC2CCC(C(N)=O)CC2)o1. The summed E-state index contributed by atoms with van der Waals surface area (Å²) in [6.07, 6.45) is 3.69. The maximum absolute atomic E-state index is 11.0. The van der Waals surface area contributed by atoms with Gasteiger partial charge in [0.2, 0.25) is 17.7 Å². The molecule has 0 spiro atoms. The van der Waals surface area contributed by atoms with E-state index in [0.29, 0.717) is 24.4 Å². The van der Waals surface area contributed by atoms with Crippen molar-refractivity contribution in [2.75, 3.05) is 0 Å². The number of aromatic nitrogens is 2. The van der Waals surface area contributed by atoms with Gasteiger partial charge in [0.05, 0.1) is 6.54 Å². The van der Waals surface area contributed by atoms with Crippen LogP contribution < -0.4 is 11.1 Å². The van der Waals surface area contributed by atoms with Crippen LogP contribution in [-0.4, -0.2) is 22.1 Å². The van der Waals surface area contributed by atoms with E-state index in [0.717, 1.165) is 25.7 Å². The second kappa shape index (κ2) is 5.27. The van der Waals surface area contributed by atoms with Crippen molar-refractivity contribution in [2.45, 2.75) is 45.2 Å². The van der Waals surface area contributed by atoms with Crippen LogP contribution in [0.5, 0.6) is 0 Å². The zero-order valence-electron chi connectivity index (χ0n) is 9.98. The van der Waals surface area contributed by atoms with Crippen LogP contribution in [0.1, 0.15) is 37.5 Å². The predicted molar refractivity (Wildman–Crippen MR) is 60.8 cm³/mol. The van der Waals surface area contributed by atoms with Crippen molar-refractivity contribution in [3.63, 3.8) is 0 Å². The van der Waals surface area contributed by atoms with E-state index in [1.54, 1.807) is 6.92 Å². The summed E-state index contributed by atoms with van der Waals surface area (Å²) in [6, 6.07) is 0.415. The monoisotopic (exact) mass is 238 g/mol. The second-order valence-electron chi connectivity index (χ2n) is 4.55. The Morgan fingerprint density at radius 2 is 2.12 bits per heavy atom. The molecule has 1 amide bonds. The lowest BCUT2D eigenvalue weighted by Crippen LogP contribution is -2.36. The normalized spacial score (nSPS) is 24.8. The number of carbonyl (C=O) groups excluding carboxylic acids is 1. The van der Waals surface area contributed by atoms with Gasteiger partial charge in [-0.05, 0) is 25.7 Å². The van der Waals surface area contributed by atoms with E-state index < -0.39 is 0 Å². The highest BCUT2D eigenvalue weighted by Crippen LogP contribution is 2.24. The summed E-state index contributed by atoms with van der Waals surface area (Å²) >= 11 is 0. The molecule has 0 saturated heterocycles. The maximum Gasteiger partial charge on any atom is 0.230 e. The number of hydrogen-bond donors (Lipinski definition) is 2. The Balaban J connectivity index is 1.73. The third kappa shape index (κ3) is 3.26. The number of primary amides is 1. The van der Waals surface area contributed by atoms with Crippen LogP contribution in [0.25, 0.3) is 0 Å². The van der Waals surface area contributed by atoms with Gasteiger partial charge in [-0.3, -0.25) is 4.79 Å². The molecule has 6 nitrogen and oxygen atoms in total. The van der Waals surface area contributed by atoms with Gasteiger partial charge in [-0.1, -0.05) is 0 Å². The van der Waals surface area contributed by atoms with Crippen LogP contribution in [0.2, 0.25) is 0 Å². The van der Waals surface area contributed by atoms with Gasteiger partial charge >= 0.3 is 0 Å². The summed E-state index contributed by atoms with van der Waals surface area (Å²) in [5, 5.41) is 11.1. The van der Waals surface area contributed by atoms with Crippen LogP contribution in [0.3, 0.4) is 0 Å². The molecule has 0 aliphatic heterocycles. The molecule has 0 bridgehead atoms. The summed E-state index contributed by atoms with van der Waals surface area (Å²) in [5.41, 5.74) is 5.29. The number of amides is 1. The van der Waals surface area contributed by atoms with Gasteiger partial charge in [0.25, 0.3) is 0 Å². The number of hydrogen-bond acceptors (Lipinski definition) is 5. The van der Waals surface area contributed by atoms with Crippen molar-refractivity contribution in [1.29, 1.82) is 0 Å². The molecular formula is C11H18N4O2. The van der Waals surface area contributed by atoms with E-state index in [4.69, 9.17) is 10.2 Å². The molecule has 3 N–H and O–H groups in total. The molecule has 1 aromatic rings. The van der Waals surface area contributed by atoms with Gasteiger partial charge in [-0.15, -0.1) is 10.2 Å². The zero-order valence-corrected chi connectivity index (χ0v) is 9.98. The highest BCUT2D eigenvalue weighted by Gasteiger charge is 2.24. The molecular weight excluding hydrogens is 220 g/mol. The first-order valence-electron chi connectivity index (χ1n) is 5.97. The molecule has 2 rings (SSSR count). The minimum Gasteiger partial charge on any atom is -0.424 e. The Morgan fingerprint density at radius 3 is 2.65 bits per heavy atom. The third-order valence-corrected chi connectivity index (χ3v) is 3.24. The molecule has 6 heteroatoms. The van der Waals surface area contributed by atoms with Crippen molar-refractivity contribution in [1.82, 2.24) is 15.5 Å². The first kappa shape index (κ1) is 12.0. The van der Waals surface area contributed by atoms with Crippen molar-refractivity contribution in [3.05, 3.63) is 11.8 Å². The Labute approximate surface area is 100.0 Å². The fraction of sp³-hybridized carbons (Fsp3) is 0.727. The van der Waals surface area contributed by atoms with Crippen molar-refractivity contribution >= 4 is 5.91 Å². The highest BCUT2D eigenvalue weighted by molar-refractivity contribution is 5.76. The van der Waals surface area contributed by atoms with Crippen LogP contribution in [0.4, 0.5) is 0 Å². The van der Waals surface area contributed by atoms with E-state index in [1.165, 1.54) is 0 Å². The quantitative estimate of drug-likeness (QED) is 0.797. The lowest BCUT2D eigenvalue weighted by Gasteiger charge is -2.26. The van der Waals surface area contributed by atoms with E-state index in [9.17, 15) is 4.79 Å². The molecule has 17 heavy (non-hydrogen) atoms. The van der Waals surface area contributed by atoms with Crippen molar-refractivity contribution in [2.24, 2.45) is 11.7 Å². The van der Waals surface area contributed by atoms with Crippen molar-refractivity contribution in [3.8, 4) is 0 Å². The molecule has 0 atom stereocenters. The van der Waals surface area contributed by atoms with E-state index >= 15 is 0 Å². The standard InChI is InChI=1S/C11H18N4O2/c1-7-14-15-10(17-7)6-13-9-4-2-8(3-5-9)11(12)16/h8-9,13H,2-6H2,1H3,(H2,12,16). The summed E-state index contributed by atoms with van der Waals surface area (Å²) in [4.78, 5) is 11.0. The minimum absolute atomic E-state index is 0.0544. The first-order valence-corrected chi connectivity index (χ1v) is 5.97. The maximum atomic E-state index is 11.0. The number of nitrogens with two attached hydrogens (primary N) is 1. The van der Waals surface area contributed by atoms with E-state index in [1.807, 2.05) is 0 Å². The molecule has 1 saturated carbocycles. The van der Waals surface area contributed by atoms with Crippen LogP contribution >= 0.6 is 0 Å². The molecule has 0 radical (unpaired) electrons. The number of rotatable bonds is 4. The average Bonchev–Trinajstić information content (AvgIpc) is 2.73. The summed E-state index contributed by atoms with van der Waals surface area (Å²) in [7, 11) is 0. The number of nitrogens with one attached hydrogen (secondary N) is 1. The minimum atomic E-state index is -0.170. The fourth-order valence-corrected chi connectivity index (χ4v) is 2.22. The highest BCUT2D eigenvalue weighted by atomic mass is 16.4. The Morgan fingerprint density at radius 1 is 1.41 bits per heavy atom. The van der Waals surface area contributed by atoms with E-state index in [-0.39, 0.29) is 11.8 Å². The molecule has 0 unspecified atom stereocenters. The van der Waals surface area contributed by atoms with Crippen molar-refractivity contribution < 1.29 is 9.21 Å². The fourth-order valence-electron chi connectivity index (χ4n) is 2.22. The topological polar surface area (TPSA) is 94.0 Å². The molecule has 94 valence electrons. The molecule has 1 aliphatic carbocycles. The van der Waals surface area contributed by atoms with Gasteiger partial charge in [0, 0.05) is 18.9 Å². The van der Waals surface area contributed by atoms with Crippen LogP contribution in [-0.2, 0) is 11.3 Å². The van der Waals surface area contributed by atoms with Gasteiger partial charge in [0.1, 0.15) is 0 Å². The number of aryl methyl sites for hydroxylation is 1. The molecule has 1 aliphatic rings. The summed E-state index contributed by atoms with van der Waals surface area (Å²) in [5.74, 6) is 1.08. The van der Waals surface area contributed by atoms with Gasteiger partial charge in [0.15, 0.2) is 0 Å². The molecule has 0 aromatic carbocycles. The number of nitrogens with zero attached hydrogens (tertiary/aromatic N) is 2. The number of carbonyl (C=O) groups is 1. The van der Waals surface area contributed by atoms with Crippen LogP contribution in [0.15, 0.2) is 4.42 Å². The largest absolute Gasteiger partial charge is 0.424 e. The molecule has 1 heterocycles. The van der Waals surface area contributed by atoms with Crippen LogP contribution in [0, 0.1) is 12.8 Å². The third-order valence-electron chi connectivity index (χ3n) is 3.24. The molecule has 1 fully saturated rings. The lowest BCUT2D eigenvalue weighted by atomic mass is 9.85. The van der Waals surface area contributed by atoms with E-state index in [2.05, 4.69) is 15.5 Å². The van der Waals surface area contributed by atoms with Gasteiger partial charge in [-0.25, -0.2) is 0 Å². The Hall–Kier alpha value is -1.43. The zero-order chi connectivity index (χ0) is 12.3. The smallest absolute Gasteiger partial charge is 0.230 e. The lowest BCUT2D eigenvalue weighted by molar-refractivity contribution is -0.122. The first-order chi connectivity index (χ1) is 8.15. The Kier molecular flexibility index (Phi) is 3.73. The average molecular weight is 238 g/mol. The second-order valence-corrected chi connectivity index (χ2v) is 4.55. The predicted octanol–water partition coefficient (Wildman–Crippen LogP) is 0.512. The summed E-state index contributed by atoms with van der Waals surface area (Å²) in [6.45, 7) is 2.36. The van der Waals surface area contributed by atoms with Gasteiger partial charge < -0.3 is 15.5 Å². The molecule has 1 aromatic heterocycles. The van der Waals surface area contributed by atoms with Gasteiger partial charge in [-0.2, -0.15) is 0 Å². The Bertz CT molecular complexity index is 383. The summed E-state index contributed by atoms with van der Waals surface area (Å²) < 4.78 is 5.28.